The van der Waals surface area contributed by atoms with Crippen LogP contribution in [0.5, 0.6) is 11.5 Å². The van der Waals surface area contributed by atoms with Crippen LogP contribution in [0.3, 0.4) is 0 Å². The van der Waals surface area contributed by atoms with Crippen LogP contribution in [-0.2, 0) is 14.3 Å². The molecule has 3 amide bonds. The van der Waals surface area contributed by atoms with Crippen molar-refractivity contribution in [1.29, 1.82) is 0 Å². The molecular formula is C21H24N4O6. The molecule has 0 saturated carbocycles. The van der Waals surface area contributed by atoms with Gasteiger partial charge in [0.2, 0.25) is 11.9 Å². The van der Waals surface area contributed by atoms with Gasteiger partial charge in [-0.2, -0.15) is 0 Å². The number of guanidine groups is 1. The third-order valence-electron chi connectivity index (χ3n) is 3.76. The second kappa shape index (κ2) is 11.8. The van der Waals surface area contributed by atoms with Crippen LogP contribution >= 0.6 is 0 Å². The highest BCUT2D eigenvalue weighted by molar-refractivity contribution is 6.08. The molecule has 2 aromatic carbocycles. The van der Waals surface area contributed by atoms with Gasteiger partial charge >= 0.3 is 12.2 Å². The Morgan fingerprint density at radius 1 is 0.903 bits per heavy atom. The molecule has 3 N–H and O–H groups in total. The molecule has 0 atom stereocenters. The van der Waals surface area contributed by atoms with E-state index in [4.69, 9.17) is 4.74 Å². The van der Waals surface area contributed by atoms with E-state index in [0.29, 0.717) is 35.7 Å². The molecule has 10 nitrogen and oxygen atoms in total. The minimum Gasteiger partial charge on any atom is -0.457 e. The summed E-state index contributed by atoms with van der Waals surface area (Å²) in [5, 5.41) is 7.84. The average molecular weight is 428 g/mol. The van der Waals surface area contributed by atoms with E-state index in [1.807, 2.05) is 25.1 Å². The number of nitrogens with zero attached hydrogens (tertiary/aromatic N) is 1. The maximum Gasteiger partial charge on any atom is 0.436 e. The van der Waals surface area contributed by atoms with Gasteiger partial charge in [-0.05, 0) is 30.7 Å². The molecular weight excluding hydrogens is 404 g/mol. The van der Waals surface area contributed by atoms with Crippen molar-refractivity contribution in [3.8, 4) is 11.5 Å². The number of aliphatic imine (C=N–C) groups is 1. The second-order valence-corrected chi connectivity index (χ2v) is 6.09. The van der Waals surface area contributed by atoms with Crippen molar-refractivity contribution < 1.29 is 28.6 Å². The number of carbonyl (C=O) groups excluding carboxylic acids is 3. The van der Waals surface area contributed by atoms with Gasteiger partial charge in [-0.25, -0.2) is 9.59 Å². The lowest BCUT2D eigenvalue weighted by Gasteiger charge is -2.16. The van der Waals surface area contributed by atoms with Gasteiger partial charge in [0, 0.05) is 12.5 Å². The number of alkyl carbamates (subject to hydrolysis) is 1. The Morgan fingerprint density at radius 3 is 2.29 bits per heavy atom. The first-order valence-electron chi connectivity index (χ1n) is 9.40. The molecule has 0 saturated heterocycles. The van der Waals surface area contributed by atoms with Crippen LogP contribution in [0, 0.1) is 0 Å². The first-order chi connectivity index (χ1) is 14.9. The summed E-state index contributed by atoms with van der Waals surface area (Å²) in [6.45, 7) is 1.89. The standard InChI is InChI=1S/C21H24N4O6/c1-4-8-18(26)22-16-12-11-15(31-14-9-6-5-7-10-14)13-17(16)23-19(24-20(27)29-2)25-21(28)30-3/h5-7,9-13H,4,8H2,1-3H3,(H,22,26)(H2,23,24,25,27,28). The van der Waals surface area contributed by atoms with Gasteiger partial charge in [0.25, 0.3) is 0 Å². The molecule has 0 spiro atoms. The second-order valence-electron chi connectivity index (χ2n) is 6.09. The Balaban J connectivity index is 2.38. The number of rotatable bonds is 6. The molecule has 0 aliphatic heterocycles. The van der Waals surface area contributed by atoms with Crippen LogP contribution in [0.1, 0.15) is 19.8 Å². The Kier molecular flexibility index (Phi) is 8.84. The summed E-state index contributed by atoms with van der Waals surface area (Å²) < 4.78 is 14.9. The number of amides is 3. The highest BCUT2D eigenvalue weighted by atomic mass is 16.5. The van der Waals surface area contributed by atoms with Crippen LogP contribution < -0.4 is 20.7 Å². The molecule has 0 fully saturated rings. The molecule has 2 aromatic rings. The van der Waals surface area contributed by atoms with E-state index in [1.54, 1.807) is 30.3 Å². The lowest BCUT2D eigenvalue weighted by Crippen LogP contribution is -2.36. The smallest absolute Gasteiger partial charge is 0.436 e. The Morgan fingerprint density at radius 2 is 1.65 bits per heavy atom. The van der Waals surface area contributed by atoms with E-state index in [1.165, 1.54) is 0 Å². The van der Waals surface area contributed by atoms with E-state index in [2.05, 4.69) is 30.4 Å². The largest absolute Gasteiger partial charge is 0.457 e. The maximum absolute atomic E-state index is 12.1. The van der Waals surface area contributed by atoms with Gasteiger partial charge in [-0.3, -0.25) is 10.1 Å². The van der Waals surface area contributed by atoms with Crippen LogP contribution in [0.2, 0.25) is 0 Å². The predicted octanol–water partition coefficient (Wildman–Crippen LogP) is 4.11. The molecule has 0 aliphatic rings. The number of hydrogen-bond acceptors (Lipinski definition) is 6. The predicted molar refractivity (Wildman–Crippen MR) is 115 cm³/mol. The summed E-state index contributed by atoms with van der Waals surface area (Å²) in [6, 6.07) is 14.0. The van der Waals surface area contributed by atoms with E-state index >= 15 is 0 Å². The number of hydrogen-bond donors (Lipinski definition) is 3. The Hall–Kier alpha value is -4.08. The van der Waals surface area contributed by atoms with Crippen LogP contribution in [-0.4, -0.2) is 38.3 Å². The SMILES string of the molecule is CCCC(=O)Nc1ccc(Oc2ccccc2)cc1NC(=NC(=O)OC)NC(=O)OC. The van der Waals surface area contributed by atoms with Crippen molar-refractivity contribution in [2.24, 2.45) is 4.99 Å². The van der Waals surface area contributed by atoms with Crippen LogP contribution in [0.15, 0.2) is 53.5 Å². The van der Waals surface area contributed by atoms with Crippen LogP contribution in [0.4, 0.5) is 21.0 Å². The quantitative estimate of drug-likeness (QED) is 0.467. The van der Waals surface area contributed by atoms with Crippen molar-refractivity contribution >= 4 is 35.4 Å². The zero-order chi connectivity index (χ0) is 22.6. The monoisotopic (exact) mass is 428 g/mol. The number of ether oxygens (including phenoxy) is 3. The number of methoxy groups -OCH3 is 2. The zero-order valence-corrected chi connectivity index (χ0v) is 17.4. The Labute approximate surface area is 179 Å². The van der Waals surface area contributed by atoms with E-state index in [9.17, 15) is 14.4 Å². The van der Waals surface area contributed by atoms with E-state index in [-0.39, 0.29) is 11.9 Å². The molecule has 0 bridgehead atoms. The molecule has 164 valence electrons. The molecule has 10 heteroatoms. The molecule has 2 rings (SSSR count). The lowest BCUT2D eigenvalue weighted by atomic mass is 10.2. The van der Waals surface area contributed by atoms with E-state index < -0.39 is 12.2 Å². The fourth-order valence-electron chi connectivity index (χ4n) is 2.36. The van der Waals surface area contributed by atoms with Gasteiger partial charge in [-0.1, -0.05) is 25.1 Å². The van der Waals surface area contributed by atoms with Crippen molar-refractivity contribution in [3.05, 3.63) is 48.5 Å². The number of benzene rings is 2. The molecule has 0 aliphatic carbocycles. The van der Waals surface area contributed by atoms with Gasteiger partial charge < -0.3 is 24.8 Å². The highest BCUT2D eigenvalue weighted by Crippen LogP contribution is 2.30. The van der Waals surface area contributed by atoms with Gasteiger partial charge in [0.05, 0.1) is 25.6 Å². The molecule has 0 unspecified atom stereocenters. The van der Waals surface area contributed by atoms with E-state index in [0.717, 1.165) is 14.2 Å². The first kappa shape index (κ1) is 23.2. The Bertz CT molecular complexity index is 946. The summed E-state index contributed by atoms with van der Waals surface area (Å²) in [7, 11) is 2.31. The number of anilines is 2. The van der Waals surface area contributed by atoms with Crippen molar-refractivity contribution in [1.82, 2.24) is 5.32 Å². The summed E-state index contributed by atoms with van der Waals surface area (Å²) in [4.78, 5) is 39.0. The minimum atomic E-state index is -0.952. The molecule has 31 heavy (non-hydrogen) atoms. The number of nitrogens with one attached hydrogen (secondary N) is 3. The topological polar surface area (TPSA) is 127 Å². The third-order valence-corrected chi connectivity index (χ3v) is 3.76. The van der Waals surface area contributed by atoms with Crippen molar-refractivity contribution in [2.75, 3.05) is 24.9 Å². The first-order valence-corrected chi connectivity index (χ1v) is 9.40. The molecule has 0 aromatic heterocycles. The van der Waals surface area contributed by atoms with Crippen molar-refractivity contribution in [3.63, 3.8) is 0 Å². The lowest BCUT2D eigenvalue weighted by molar-refractivity contribution is -0.116. The fourth-order valence-corrected chi connectivity index (χ4v) is 2.36. The minimum absolute atomic E-state index is 0.199. The highest BCUT2D eigenvalue weighted by Gasteiger charge is 2.14. The summed E-state index contributed by atoms with van der Waals surface area (Å²) in [5.41, 5.74) is 0.708. The maximum atomic E-state index is 12.1. The van der Waals surface area contributed by atoms with Crippen LogP contribution in [0.25, 0.3) is 0 Å². The summed E-state index contributed by atoms with van der Waals surface area (Å²) in [5.74, 6) is 0.584. The van der Waals surface area contributed by atoms with Gasteiger partial charge in [0.15, 0.2) is 0 Å². The number of carbonyl (C=O) groups is 3. The average Bonchev–Trinajstić information content (AvgIpc) is 2.76. The summed E-state index contributed by atoms with van der Waals surface area (Å²) in [6.07, 6.45) is -0.816. The normalized spacial score (nSPS) is 10.6. The van der Waals surface area contributed by atoms with Gasteiger partial charge in [0.1, 0.15) is 11.5 Å². The number of para-hydroxylation sites is 1. The molecule has 0 radical (unpaired) electrons. The van der Waals surface area contributed by atoms with Crippen molar-refractivity contribution in [2.45, 2.75) is 19.8 Å². The third kappa shape index (κ3) is 7.69. The zero-order valence-electron chi connectivity index (χ0n) is 17.4. The molecule has 0 heterocycles. The fraction of sp³-hybridized carbons (Fsp3) is 0.238. The van der Waals surface area contributed by atoms with Gasteiger partial charge in [-0.15, -0.1) is 4.99 Å². The summed E-state index contributed by atoms with van der Waals surface area (Å²) >= 11 is 0.